The van der Waals surface area contributed by atoms with Crippen molar-refractivity contribution >= 4 is 22.2 Å². The largest absolute Gasteiger partial charge is 0.609 e. The van der Waals surface area contributed by atoms with Crippen LogP contribution in [0.5, 0.6) is 11.5 Å². The molecule has 0 bridgehead atoms. The Balaban J connectivity index is 1.66. The molecule has 3 heterocycles. The van der Waals surface area contributed by atoms with Crippen molar-refractivity contribution in [3.05, 3.63) is 41.2 Å². The minimum Gasteiger partial charge on any atom is -0.609 e. The molecule has 1 N–H and O–H groups in total. The van der Waals surface area contributed by atoms with E-state index in [1.54, 1.807) is 19.2 Å². The number of rotatable bonds is 4. The number of halogens is 4. The highest BCUT2D eigenvalue weighted by Gasteiger charge is 2.54. The quantitative estimate of drug-likeness (QED) is 0.501. The van der Waals surface area contributed by atoms with Crippen LogP contribution < -0.4 is 9.47 Å². The van der Waals surface area contributed by atoms with E-state index in [4.69, 9.17) is 4.74 Å². The first-order valence-electron chi connectivity index (χ1n) is 8.15. The molecule has 29 heavy (non-hydrogen) atoms. The monoisotopic (exact) mass is 431 g/mol. The third-order valence-corrected chi connectivity index (χ3v) is 5.36. The Hall–Kier alpha value is -2.57. The minimum atomic E-state index is -4.48. The first-order chi connectivity index (χ1) is 13.6. The number of pyridine rings is 1. The van der Waals surface area contributed by atoms with E-state index in [0.717, 1.165) is 17.7 Å². The van der Waals surface area contributed by atoms with E-state index < -0.39 is 34.9 Å². The first-order valence-corrected chi connectivity index (χ1v) is 9.47. The van der Waals surface area contributed by atoms with Gasteiger partial charge in [0, 0.05) is 35.1 Å². The number of hydrogen-bond acceptors (Lipinski definition) is 6. The van der Waals surface area contributed by atoms with Crippen LogP contribution in [0.25, 0.3) is 11.0 Å². The van der Waals surface area contributed by atoms with Gasteiger partial charge in [0.25, 0.3) is 0 Å². The third-order valence-electron chi connectivity index (χ3n) is 4.18. The van der Waals surface area contributed by atoms with Crippen molar-refractivity contribution in [3.8, 4) is 11.5 Å². The molecule has 3 aromatic rings. The summed E-state index contributed by atoms with van der Waals surface area (Å²) in [5.74, 6) is -0.221. The zero-order valence-electron chi connectivity index (χ0n) is 15.0. The normalized spacial score (nSPS) is 18.2. The average molecular weight is 431 g/mol. The Morgan fingerprint density at radius 2 is 2.00 bits per heavy atom. The lowest BCUT2D eigenvalue weighted by molar-refractivity contribution is -0.461. The lowest BCUT2D eigenvalue weighted by atomic mass is 10.1. The number of imidazole rings is 1. The van der Waals surface area contributed by atoms with Crippen molar-refractivity contribution in [1.82, 2.24) is 15.0 Å². The topological polar surface area (TPSA) is 92.3 Å². The maximum atomic E-state index is 13.9. The van der Waals surface area contributed by atoms with Crippen molar-refractivity contribution in [2.45, 2.75) is 30.2 Å². The summed E-state index contributed by atoms with van der Waals surface area (Å²) in [4.78, 5) is 10.9. The van der Waals surface area contributed by atoms with Crippen molar-refractivity contribution in [2.75, 3.05) is 7.11 Å². The predicted octanol–water partition coefficient (Wildman–Crippen LogP) is 3.59. The van der Waals surface area contributed by atoms with Gasteiger partial charge in [-0.25, -0.2) is 4.74 Å². The van der Waals surface area contributed by atoms with E-state index >= 15 is 0 Å². The number of nitrogens with zero attached hydrogens (tertiary/aromatic N) is 2. The number of benzene rings is 1. The molecule has 1 aromatic carbocycles. The standard InChI is InChI=1S/C17H13F4N3O4S/c1-8-6-22-9(3-13(8)26-2)7-29(25)15-23-11-4-10-14(5-12(11)24-15)27-17(20,21)28-16(10,18)19/h3-6H,7H2,1-2H3,(H,23,24). The fraction of sp³-hybridized carbons (Fsp3) is 0.294. The van der Waals surface area contributed by atoms with Crippen LogP contribution in [0.2, 0.25) is 0 Å². The van der Waals surface area contributed by atoms with Crippen LogP contribution in [0, 0.1) is 6.92 Å². The smallest absolute Gasteiger partial charge is 0.540 e. The maximum Gasteiger partial charge on any atom is 0.540 e. The predicted molar refractivity (Wildman–Crippen MR) is 92.3 cm³/mol. The number of aromatic amines is 1. The number of H-pyrrole nitrogens is 1. The SMILES string of the molecule is COc1cc(C[S+]([O-])c2nc3cc4c(cc3[nH]2)C(F)(F)OC(F)(F)O4)ncc1C. The Morgan fingerprint density at radius 3 is 2.72 bits per heavy atom. The molecule has 0 spiro atoms. The molecule has 0 aliphatic carbocycles. The molecule has 7 nitrogen and oxygen atoms in total. The second kappa shape index (κ2) is 6.75. The summed E-state index contributed by atoms with van der Waals surface area (Å²) < 4.78 is 79.6. The number of nitrogens with one attached hydrogen (secondary N) is 1. The molecule has 0 fully saturated rings. The number of alkyl halides is 4. The first kappa shape index (κ1) is 19.7. The van der Waals surface area contributed by atoms with Crippen molar-refractivity contribution in [2.24, 2.45) is 0 Å². The van der Waals surface area contributed by atoms with E-state index in [9.17, 15) is 22.1 Å². The van der Waals surface area contributed by atoms with Gasteiger partial charge in [0.15, 0.2) is 5.75 Å². The maximum absolute atomic E-state index is 13.9. The minimum absolute atomic E-state index is 0.0238. The molecule has 1 atom stereocenters. The highest BCUT2D eigenvalue weighted by Crippen LogP contribution is 2.47. The molecular formula is C17H13F4N3O4S. The zero-order chi connectivity index (χ0) is 21.0. The molecule has 4 rings (SSSR count). The van der Waals surface area contributed by atoms with Crippen LogP contribution in [0.1, 0.15) is 16.8 Å². The van der Waals surface area contributed by atoms with Gasteiger partial charge < -0.3 is 14.0 Å². The number of hydrogen-bond donors (Lipinski definition) is 1. The summed E-state index contributed by atoms with van der Waals surface area (Å²) in [6, 6.07) is 3.42. The van der Waals surface area contributed by atoms with Gasteiger partial charge in [-0.05, 0) is 13.0 Å². The van der Waals surface area contributed by atoms with Gasteiger partial charge in [-0.3, -0.25) is 9.97 Å². The molecule has 2 aromatic heterocycles. The van der Waals surface area contributed by atoms with Crippen LogP contribution in [0.3, 0.4) is 0 Å². The second-order valence-corrected chi connectivity index (χ2v) is 7.59. The molecule has 0 amide bonds. The molecule has 0 saturated heterocycles. The fourth-order valence-electron chi connectivity index (χ4n) is 2.83. The van der Waals surface area contributed by atoms with E-state index in [-0.39, 0.29) is 21.9 Å². The van der Waals surface area contributed by atoms with Crippen LogP contribution in [-0.2, 0) is 27.8 Å². The highest BCUT2D eigenvalue weighted by atomic mass is 32.2. The van der Waals surface area contributed by atoms with Gasteiger partial charge in [-0.15, -0.1) is 8.78 Å². The molecule has 12 heteroatoms. The lowest BCUT2D eigenvalue weighted by Gasteiger charge is -2.30. The zero-order valence-corrected chi connectivity index (χ0v) is 15.8. The summed E-state index contributed by atoms with van der Waals surface area (Å²) in [5, 5.41) is -0.0281. The van der Waals surface area contributed by atoms with Gasteiger partial charge in [0.2, 0.25) is 0 Å². The number of ether oxygens (including phenoxy) is 3. The van der Waals surface area contributed by atoms with Crippen LogP contribution in [0.4, 0.5) is 17.6 Å². The van der Waals surface area contributed by atoms with Crippen molar-refractivity contribution < 1.29 is 36.3 Å². The van der Waals surface area contributed by atoms with Crippen LogP contribution in [0.15, 0.2) is 29.6 Å². The van der Waals surface area contributed by atoms with Gasteiger partial charge in [0.05, 0.1) is 29.4 Å². The number of fused-ring (bicyclic) bond motifs is 2. The summed E-state index contributed by atoms with van der Waals surface area (Å²) in [5.41, 5.74) is 0.486. The van der Waals surface area contributed by atoms with Gasteiger partial charge in [0.1, 0.15) is 11.5 Å². The number of aryl methyl sites for hydroxylation is 1. The number of methoxy groups -OCH3 is 1. The van der Waals surface area contributed by atoms with Crippen LogP contribution >= 0.6 is 0 Å². The van der Waals surface area contributed by atoms with E-state index in [1.165, 1.54) is 7.11 Å². The van der Waals surface area contributed by atoms with E-state index in [1.807, 2.05) is 0 Å². The summed E-state index contributed by atoms with van der Waals surface area (Å²) in [6.45, 7) is 1.80. The van der Waals surface area contributed by atoms with Gasteiger partial charge >= 0.3 is 17.6 Å². The Kier molecular flexibility index (Phi) is 4.59. The Bertz CT molecular complexity index is 1090. The molecule has 1 unspecified atom stereocenters. The van der Waals surface area contributed by atoms with Crippen molar-refractivity contribution in [1.29, 1.82) is 0 Å². The molecule has 1 aliphatic heterocycles. The Labute approximate surface area is 164 Å². The van der Waals surface area contributed by atoms with Gasteiger partial charge in [-0.1, -0.05) is 0 Å². The van der Waals surface area contributed by atoms with Crippen molar-refractivity contribution in [3.63, 3.8) is 0 Å². The summed E-state index contributed by atoms with van der Waals surface area (Å²) in [6.07, 6.45) is -7.18. The fourth-order valence-corrected chi connectivity index (χ4v) is 3.82. The molecule has 1 aliphatic rings. The van der Waals surface area contributed by atoms with Gasteiger partial charge in [-0.2, -0.15) is 13.8 Å². The van der Waals surface area contributed by atoms with E-state index in [2.05, 4.69) is 24.4 Å². The molecule has 0 saturated carbocycles. The highest BCUT2D eigenvalue weighted by molar-refractivity contribution is 7.90. The Morgan fingerprint density at radius 1 is 1.24 bits per heavy atom. The lowest BCUT2D eigenvalue weighted by Crippen LogP contribution is -2.41. The average Bonchev–Trinajstić information content (AvgIpc) is 3.03. The molecular weight excluding hydrogens is 418 g/mol. The van der Waals surface area contributed by atoms with E-state index in [0.29, 0.717) is 11.4 Å². The third kappa shape index (κ3) is 3.70. The second-order valence-electron chi connectivity index (χ2n) is 6.23. The molecule has 0 radical (unpaired) electrons. The van der Waals surface area contributed by atoms with Crippen LogP contribution in [-0.4, -0.2) is 32.9 Å². The summed E-state index contributed by atoms with van der Waals surface area (Å²) in [7, 11) is 1.50. The summed E-state index contributed by atoms with van der Waals surface area (Å²) >= 11 is -1.71. The molecule has 154 valence electrons. The number of aromatic nitrogens is 3.